The number of rotatable bonds is 4. The van der Waals surface area contributed by atoms with E-state index in [2.05, 4.69) is 5.32 Å². The number of carbonyl (C=O) groups excluding carboxylic acids is 2. The molecule has 1 aromatic rings. The minimum absolute atomic E-state index is 0.0410. The first kappa shape index (κ1) is 15.9. The Bertz CT molecular complexity index is 517. The molecule has 0 bridgehead atoms. The topological polar surface area (TPSA) is 78.9 Å². The molecule has 0 spiro atoms. The lowest BCUT2D eigenvalue weighted by Gasteiger charge is -2.36. The van der Waals surface area contributed by atoms with Gasteiger partial charge in [0.25, 0.3) is 5.91 Å². The Balaban J connectivity index is 1.85. The number of morpholine rings is 1. The van der Waals surface area contributed by atoms with Gasteiger partial charge in [-0.1, -0.05) is 0 Å². The fraction of sp³-hybridized carbons (Fsp3) is 0.571. The summed E-state index contributed by atoms with van der Waals surface area (Å²) < 4.78 is 5.48. The molecule has 0 radical (unpaired) electrons. The second kappa shape index (κ2) is 7.02. The van der Waals surface area contributed by atoms with Crippen LogP contribution in [0.25, 0.3) is 0 Å². The van der Waals surface area contributed by atoms with Gasteiger partial charge in [0.05, 0.1) is 30.2 Å². The van der Waals surface area contributed by atoms with Crippen LogP contribution in [0, 0.1) is 6.92 Å². The predicted molar refractivity (Wildman–Crippen MR) is 79.4 cm³/mol. The Kier molecular flexibility index (Phi) is 5.33. The first-order chi connectivity index (χ1) is 9.99. The molecule has 116 valence electrons. The molecule has 1 aromatic heterocycles. The zero-order valence-electron chi connectivity index (χ0n) is 12.2. The SMILES string of the molecule is Cc1ccc(C(=O)NCC(=O)N2CC(C)OC(CO)C2)s1. The van der Waals surface area contributed by atoms with Gasteiger partial charge in [-0.15, -0.1) is 11.3 Å². The summed E-state index contributed by atoms with van der Waals surface area (Å²) in [6.07, 6.45) is -0.469. The molecular weight excluding hydrogens is 292 g/mol. The van der Waals surface area contributed by atoms with Crippen LogP contribution in [0.5, 0.6) is 0 Å². The number of amides is 2. The fourth-order valence-electron chi connectivity index (χ4n) is 2.26. The van der Waals surface area contributed by atoms with E-state index < -0.39 is 0 Å². The molecule has 2 heterocycles. The summed E-state index contributed by atoms with van der Waals surface area (Å²) in [6.45, 7) is 4.46. The molecule has 0 saturated carbocycles. The molecule has 1 aliphatic rings. The van der Waals surface area contributed by atoms with Gasteiger partial charge in [0.2, 0.25) is 5.91 Å². The number of nitrogens with zero attached hydrogens (tertiary/aromatic N) is 1. The van der Waals surface area contributed by atoms with E-state index in [0.29, 0.717) is 18.0 Å². The van der Waals surface area contributed by atoms with E-state index in [4.69, 9.17) is 9.84 Å². The van der Waals surface area contributed by atoms with Crippen molar-refractivity contribution in [1.29, 1.82) is 0 Å². The maximum Gasteiger partial charge on any atom is 0.261 e. The molecule has 2 unspecified atom stereocenters. The average Bonchev–Trinajstić information content (AvgIpc) is 2.90. The largest absolute Gasteiger partial charge is 0.394 e. The Morgan fingerprint density at radius 2 is 2.24 bits per heavy atom. The summed E-state index contributed by atoms with van der Waals surface area (Å²) in [5, 5.41) is 11.8. The van der Waals surface area contributed by atoms with E-state index in [1.165, 1.54) is 11.3 Å². The quantitative estimate of drug-likeness (QED) is 0.843. The van der Waals surface area contributed by atoms with Crippen LogP contribution in [-0.2, 0) is 9.53 Å². The minimum Gasteiger partial charge on any atom is -0.394 e. The Hall–Kier alpha value is -1.44. The van der Waals surface area contributed by atoms with Gasteiger partial charge in [0.1, 0.15) is 0 Å². The van der Waals surface area contributed by atoms with Gasteiger partial charge in [-0.2, -0.15) is 0 Å². The van der Waals surface area contributed by atoms with E-state index in [1.54, 1.807) is 11.0 Å². The van der Waals surface area contributed by atoms with Crippen LogP contribution < -0.4 is 5.32 Å². The van der Waals surface area contributed by atoms with Gasteiger partial charge in [-0.25, -0.2) is 0 Å². The summed E-state index contributed by atoms with van der Waals surface area (Å²) >= 11 is 1.40. The zero-order valence-corrected chi connectivity index (χ0v) is 13.0. The van der Waals surface area contributed by atoms with Gasteiger partial charge in [0.15, 0.2) is 0 Å². The summed E-state index contributed by atoms with van der Waals surface area (Å²) in [5.41, 5.74) is 0. The van der Waals surface area contributed by atoms with Crippen LogP contribution >= 0.6 is 11.3 Å². The fourth-order valence-corrected chi connectivity index (χ4v) is 3.04. The molecule has 7 heteroatoms. The molecular formula is C14H20N2O4S. The highest BCUT2D eigenvalue weighted by Crippen LogP contribution is 2.15. The van der Waals surface area contributed by atoms with E-state index in [9.17, 15) is 9.59 Å². The molecule has 0 aromatic carbocycles. The first-order valence-corrected chi connectivity index (χ1v) is 7.70. The molecule has 21 heavy (non-hydrogen) atoms. The van der Waals surface area contributed by atoms with Gasteiger partial charge in [-0.05, 0) is 26.0 Å². The lowest BCUT2D eigenvalue weighted by atomic mass is 10.2. The first-order valence-electron chi connectivity index (χ1n) is 6.88. The van der Waals surface area contributed by atoms with Crippen molar-refractivity contribution in [2.24, 2.45) is 0 Å². The lowest BCUT2D eigenvalue weighted by Crippen LogP contribution is -2.52. The van der Waals surface area contributed by atoms with Crippen LogP contribution in [0.3, 0.4) is 0 Å². The maximum atomic E-state index is 12.1. The summed E-state index contributed by atoms with van der Waals surface area (Å²) in [6, 6.07) is 3.62. The van der Waals surface area contributed by atoms with Crippen molar-refractivity contribution in [3.05, 3.63) is 21.9 Å². The van der Waals surface area contributed by atoms with Crippen molar-refractivity contribution in [3.63, 3.8) is 0 Å². The number of aliphatic hydroxyl groups is 1. The second-order valence-electron chi connectivity index (χ2n) is 5.14. The normalized spacial score (nSPS) is 22.1. The van der Waals surface area contributed by atoms with E-state index in [-0.39, 0.29) is 37.2 Å². The van der Waals surface area contributed by atoms with Crippen molar-refractivity contribution in [2.45, 2.75) is 26.1 Å². The van der Waals surface area contributed by atoms with Gasteiger partial charge in [0, 0.05) is 18.0 Å². The molecule has 6 nitrogen and oxygen atoms in total. The zero-order chi connectivity index (χ0) is 15.4. The molecule has 1 aliphatic heterocycles. The number of ether oxygens (including phenoxy) is 1. The highest BCUT2D eigenvalue weighted by atomic mass is 32.1. The number of aliphatic hydroxyl groups excluding tert-OH is 1. The molecule has 1 saturated heterocycles. The molecule has 2 amide bonds. The van der Waals surface area contributed by atoms with E-state index in [0.717, 1.165) is 4.88 Å². The predicted octanol–water partition coefficient (Wildman–Crippen LogP) is 0.395. The van der Waals surface area contributed by atoms with Crippen LogP contribution in [-0.4, -0.2) is 60.3 Å². The van der Waals surface area contributed by atoms with Crippen molar-refractivity contribution >= 4 is 23.2 Å². The van der Waals surface area contributed by atoms with Crippen molar-refractivity contribution in [1.82, 2.24) is 10.2 Å². The number of hydrogen-bond donors (Lipinski definition) is 2. The molecule has 1 fully saturated rings. The van der Waals surface area contributed by atoms with Crippen LogP contribution in [0.4, 0.5) is 0 Å². The molecule has 2 N–H and O–H groups in total. The number of hydrogen-bond acceptors (Lipinski definition) is 5. The van der Waals surface area contributed by atoms with Crippen molar-refractivity contribution in [3.8, 4) is 0 Å². The Morgan fingerprint density at radius 1 is 1.48 bits per heavy atom. The standard InChI is InChI=1S/C14H20N2O4S/c1-9-6-16(7-11(8-17)20-9)13(18)5-15-14(19)12-4-3-10(2)21-12/h3-4,9,11,17H,5-8H2,1-2H3,(H,15,19). The van der Waals surface area contributed by atoms with Crippen molar-refractivity contribution < 1.29 is 19.4 Å². The Labute approximate surface area is 127 Å². The van der Waals surface area contributed by atoms with Gasteiger partial charge < -0.3 is 20.1 Å². The third-order valence-corrected chi connectivity index (χ3v) is 4.25. The highest BCUT2D eigenvalue weighted by molar-refractivity contribution is 7.13. The number of carbonyl (C=O) groups is 2. The Morgan fingerprint density at radius 3 is 2.86 bits per heavy atom. The number of aryl methyl sites for hydroxylation is 1. The maximum absolute atomic E-state index is 12.1. The van der Waals surface area contributed by atoms with Gasteiger partial charge in [-0.3, -0.25) is 9.59 Å². The van der Waals surface area contributed by atoms with E-state index in [1.807, 2.05) is 19.9 Å². The second-order valence-corrected chi connectivity index (χ2v) is 6.43. The van der Waals surface area contributed by atoms with Crippen LogP contribution in [0.1, 0.15) is 21.5 Å². The summed E-state index contributed by atoms with van der Waals surface area (Å²) in [5.74, 6) is -0.397. The van der Waals surface area contributed by atoms with Gasteiger partial charge >= 0.3 is 0 Å². The van der Waals surface area contributed by atoms with Crippen LogP contribution in [0.2, 0.25) is 0 Å². The van der Waals surface area contributed by atoms with Crippen LogP contribution in [0.15, 0.2) is 12.1 Å². The molecule has 0 aliphatic carbocycles. The smallest absolute Gasteiger partial charge is 0.261 e. The summed E-state index contributed by atoms with van der Waals surface area (Å²) in [4.78, 5) is 27.3. The monoisotopic (exact) mass is 312 g/mol. The van der Waals surface area contributed by atoms with Crippen molar-refractivity contribution in [2.75, 3.05) is 26.2 Å². The highest BCUT2D eigenvalue weighted by Gasteiger charge is 2.27. The third-order valence-electron chi connectivity index (χ3n) is 3.25. The number of nitrogens with one attached hydrogen (secondary N) is 1. The lowest BCUT2D eigenvalue weighted by molar-refractivity contribution is -0.146. The van der Waals surface area contributed by atoms with E-state index >= 15 is 0 Å². The minimum atomic E-state index is -0.353. The average molecular weight is 312 g/mol. The number of thiophene rings is 1. The molecule has 2 atom stereocenters. The summed E-state index contributed by atoms with van der Waals surface area (Å²) in [7, 11) is 0. The molecule has 2 rings (SSSR count). The third kappa shape index (κ3) is 4.26.